The molecule has 138 valence electrons. The Balaban J connectivity index is 1.55. The zero-order chi connectivity index (χ0) is 18.4. The van der Waals surface area contributed by atoms with E-state index in [1.54, 1.807) is 38.6 Å². The molecular formula is C19H24N4O3. The van der Waals surface area contributed by atoms with Crippen LogP contribution in [0.1, 0.15) is 5.69 Å². The minimum Gasteiger partial charge on any atom is -0.497 e. The van der Waals surface area contributed by atoms with Crippen LogP contribution in [0.3, 0.4) is 0 Å². The molecule has 2 heterocycles. The number of anilines is 1. The van der Waals surface area contributed by atoms with Gasteiger partial charge in [0.25, 0.3) is 0 Å². The van der Waals surface area contributed by atoms with E-state index in [1.165, 1.54) is 0 Å². The Bertz CT molecular complexity index is 731. The van der Waals surface area contributed by atoms with E-state index < -0.39 is 0 Å². The lowest BCUT2D eigenvalue weighted by atomic mass is 10.2. The molecule has 0 saturated carbocycles. The van der Waals surface area contributed by atoms with Gasteiger partial charge in [0.05, 0.1) is 25.6 Å². The van der Waals surface area contributed by atoms with Gasteiger partial charge in [-0.15, -0.1) is 0 Å². The summed E-state index contributed by atoms with van der Waals surface area (Å²) in [6, 6.07) is 11.1. The molecule has 1 N–H and O–H groups in total. The number of hydrogen-bond donors (Lipinski definition) is 1. The van der Waals surface area contributed by atoms with Gasteiger partial charge in [-0.25, -0.2) is 4.79 Å². The molecule has 0 unspecified atom stereocenters. The van der Waals surface area contributed by atoms with E-state index in [0.717, 1.165) is 25.3 Å². The Hall–Kier alpha value is -2.80. The number of carbonyl (C=O) groups is 1. The highest BCUT2D eigenvalue weighted by Crippen LogP contribution is 2.29. The molecule has 2 aromatic rings. The quantitative estimate of drug-likeness (QED) is 0.891. The van der Waals surface area contributed by atoms with Crippen molar-refractivity contribution in [1.82, 2.24) is 14.8 Å². The molecule has 0 bridgehead atoms. The first kappa shape index (κ1) is 18.0. The maximum atomic E-state index is 12.6. The predicted molar refractivity (Wildman–Crippen MR) is 99.7 cm³/mol. The van der Waals surface area contributed by atoms with Gasteiger partial charge in [0, 0.05) is 45.0 Å². The number of hydrogen-bond acceptors (Lipinski definition) is 5. The first-order valence-corrected chi connectivity index (χ1v) is 8.60. The lowest BCUT2D eigenvalue weighted by molar-refractivity contribution is 0.142. The molecule has 1 aromatic carbocycles. The summed E-state index contributed by atoms with van der Waals surface area (Å²) in [6.45, 7) is 3.79. The zero-order valence-electron chi connectivity index (χ0n) is 15.1. The van der Waals surface area contributed by atoms with Crippen molar-refractivity contribution in [3.8, 4) is 11.5 Å². The Labute approximate surface area is 153 Å². The van der Waals surface area contributed by atoms with Gasteiger partial charge in [0.15, 0.2) is 0 Å². The molecule has 26 heavy (non-hydrogen) atoms. The number of nitrogens with zero attached hydrogens (tertiary/aromatic N) is 3. The van der Waals surface area contributed by atoms with Crippen LogP contribution in [-0.4, -0.2) is 61.2 Å². The summed E-state index contributed by atoms with van der Waals surface area (Å²) in [6.07, 6.45) is 1.81. The molecular weight excluding hydrogens is 332 g/mol. The van der Waals surface area contributed by atoms with Crippen molar-refractivity contribution >= 4 is 11.7 Å². The molecule has 1 aromatic heterocycles. The lowest BCUT2D eigenvalue weighted by Crippen LogP contribution is -2.49. The summed E-state index contributed by atoms with van der Waals surface area (Å²) < 4.78 is 10.5. The van der Waals surface area contributed by atoms with Gasteiger partial charge in [-0.1, -0.05) is 6.07 Å². The van der Waals surface area contributed by atoms with Crippen LogP contribution >= 0.6 is 0 Å². The number of pyridine rings is 1. The number of benzene rings is 1. The van der Waals surface area contributed by atoms with Crippen molar-refractivity contribution in [2.75, 3.05) is 45.7 Å². The van der Waals surface area contributed by atoms with Gasteiger partial charge in [0.1, 0.15) is 11.5 Å². The molecule has 0 spiro atoms. The lowest BCUT2D eigenvalue weighted by Gasteiger charge is -2.34. The van der Waals surface area contributed by atoms with Gasteiger partial charge in [0.2, 0.25) is 0 Å². The fraction of sp³-hybridized carbons (Fsp3) is 0.368. The maximum absolute atomic E-state index is 12.6. The molecule has 1 aliphatic rings. The van der Waals surface area contributed by atoms with Gasteiger partial charge in [-0.05, 0) is 24.3 Å². The van der Waals surface area contributed by atoms with E-state index in [2.05, 4.69) is 15.2 Å². The molecule has 7 nitrogen and oxygen atoms in total. The SMILES string of the molecule is COc1ccc(OC)c(NC(=O)N2CCN(Cc3ccccn3)CC2)c1. The second-order valence-corrected chi connectivity index (χ2v) is 6.08. The number of carbonyl (C=O) groups excluding carboxylic acids is 1. The third kappa shape index (κ3) is 4.43. The molecule has 1 saturated heterocycles. The third-order valence-electron chi connectivity index (χ3n) is 4.42. The highest BCUT2D eigenvalue weighted by Gasteiger charge is 2.22. The zero-order valence-corrected chi connectivity index (χ0v) is 15.1. The fourth-order valence-corrected chi connectivity index (χ4v) is 2.94. The summed E-state index contributed by atoms with van der Waals surface area (Å²) in [5.41, 5.74) is 1.65. The first-order valence-electron chi connectivity index (χ1n) is 8.60. The topological polar surface area (TPSA) is 66.9 Å². The average molecular weight is 356 g/mol. The number of aromatic nitrogens is 1. The van der Waals surface area contributed by atoms with Crippen LogP contribution in [0.25, 0.3) is 0 Å². The summed E-state index contributed by atoms with van der Waals surface area (Å²) in [5.74, 6) is 1.27. The molecule has 7 heteroatoms. The molecule has 0 aliphatic carbocycles. The van der Waals surface area contributed by atoms with Crippen molar-refractivity contribution < 1.29 is 14.3 Å². The Morgan fingerprint density at radius 1 is 1.12 bits per heavy atom. The van der Waals surface area contributed by atoms with E-state index in [4.69, 9.17) is 9.47 Å². The number of nitrogens with one attached hydrogen (secondary N) is 1. The monoisotopic (exact) mass is 356 g/mol. The first-order chi connectivity index (χ1) is 12.7. The van der Waals surface area contributed by atoms with Crippen molar-refractivity contribution in [1.29, 1.82) is 0 Å². The number of piperazine rings is 1. The minimum atomic E-state index is -0.131. The summed E-state index contributed by atoms with van der Waals surface area (Å²) in [5, 5.41) is 2.92. The number of ether oxygens (including phenoxy) is 2. The largest absolute Gasteiger partial charge is 0.497 e. The van der Waals surface area contributed by atoms with E-state index in [0.29, 0.717) is 30.3 Å². The molecule has 1 aliphatic heterocycles. The maximum Gasteiger partial charge on any atom is 0.322 e. The minimum absolute atomic E-state index is 0.131. The predicted octanol–water partition coefficient (Wildman–Crippen LogP) is 2.45. The van der Waals surface area contributed by atoms with Crippen LogP contribution in [-0.2, 0) is 6.54 Å². The molecule has 3 rings (SSSR count). The standard InChI is InChI=1S/C19H24N4O3/c1-25-16-6-7-18(26-2)17(13-16)21-19(24)23-11-9-22(10-12-23)14-15-5-3-4-8-20-15/h3-8,13H,9-12,14H2,1-2H3,(H,21,24). The van der Waals surface area contributed by atoms with Crippen molar-refractivity contribution in [2.45, 2.75) is 6.54 Å². The van der Waals surface area contributed by atoms with E-state index in [1.807, 2.05) is 23.1 Å². The number of rotatable bonds is 5. The molecule has 0 radical (unpaired) electrons. The van der Waals surface area contributed by atoms with Crippen LogP contribution in [0, 0.1) is 0 Å². The second kappa shape index (κ2) is 8.53. The Morgan fingerprint density at radius 3 is 2.58 bits per heavy atom. The third-order valence-corrected chi connectivity index (χ3v) is 4.42. The second-order valence-electron chi connectivity index (χ2n) is 6.08. The van der Waals surface area contributed by atoms with Crippen molar-refractivity contribution in [3.05, 3.63) is 48.3 Å². The normalized spacial score (nSPS) is 14.8. The van der Waals surface area contributed by atoms with Crippen LogP contribution in [0.4, 0.5) is 10.5 Å². The fourth-order valence-electron chi connectivity index (χ4n) is 2.94. The van der Waals surface area contributed by atoms with Gasteiger partial charge < -0.3 is 19.7 Å². The molecule has 0 atom stereocenters. The van der Waals surface area contributed by atoms with Gasteiger partial charge in [-0.2, -0.15) is 0 Å². The van der Waals surface area contributed by atoms with Gasteiger partial charge in [-0.3, -0.25) is 9.88 Å². The van der Waals surface area contributed by atoms with Crippen molar-refractivity contribution in [3.63, 3.8) is 0 Å². The van der Waals surface area contributed by atoms with Crippen molar-refractivity contribution in [2.24, 2.45) is 0 Å². The summed E-state index contributed by atoms with van der Waals surface area (Å²) in [7, 11) is 3.17. The summed E-state index contributed by atoms with van der Waals surface area (Å²) >= 11 is 0. The van der Waals surface area contributed by atoms with Crippen LogP contribution in [0.15, 0.2) is 42.6 Å². The van der Waals surface area contributed by atoms with Gasteiger partial charge >= 0.3 is 6.03 Å². The average Bonchev–Trinajstić information content (AvgIpc) is 2.69. The highest BCUT2D eigenvalue weighted by atomic mass is 16.5. The van der Waals surface area contributed by atoms with E-state index >= 15 is 0 Å². The van der Waals surface area contributed by atoms with E-state index in [9.17, 15) is 4.79 Å². The Morgan fingerprint density at radius 2 is 1.92 bits per heavy atom. The van der Waals surface area contributed by atoms with Crippen LogP contribution in [0.2, 0.25) is 0 Å². The number of methoxy groups -OCH3 is 2. The van der Waals surface area contributed by atoms with E-state index in [-0.39, 0.29) is 6.03 Å². The van der Waals surface area contributed by atoms with Crippen LogP contribution in [0.5, 0.6) is 11.5 Å². The Kier molecular flexibility index (Phi) is 5.91. The van der Waals surface area contributed by atoms with Crippen LogP contribution < -0.4 is 14.8 Å². The molecule has 2 amide bonds. The number of urea groups is 1. The number of amides is 2. The highest BCUT2D eigenvalue weighted by molar-refractivity contribution is 5.91. The summed E-state index contributed by atoms with van der Waals surface area (Å²) in [4.78, 5) is 21.1. The molecule has 1 fully saturated rings. The smallest absolute Gasteiger partial charge is 0.322 e.